The second-order valence-electron chi connectivity index (χ2n) is 5.88. The second-order valence-corrected chi connectivity index (χ2v) is 6.29. The van der Waals surface area contributed by atoms with Crippen molar-refractivity contribution in [1.82, 2.24) is 5.43 Å². The summed E-state index contributed by atoms with van der Waals surface area (Å²) in [4.78, 5) is 12.1. The van der Waals surface area contributed by atoms with E-state index in [-0.39, 0.29) is 5.91 Å². The van der Waals surface area contributed by atoms with Crippen molar-refractivity contribution in [2.24, 2.45) is 5.10 Å². The van der Waals surface area contributed by atoms with E-state index in [0.29, 0.717) is 28.7 Å². The molecule has 142 valence electrons. The normalized spacial score (nSPS) is 10.6. The Balaban J connectivity index is 1.57. The van der Waals surface area contributed by atoms with Gasteiger partial charge in [-0.1, -0.05) is 41.9 Å². The van der Waals surface area contributed by atoms with Crippen molar-refractivity contribution < 1.29 is 14.3 Å². The van der Waals surface area contributed by atoms with Crippen LogP contribution < -0.4 is 14.9 Å². The van der Waals surface area contributed by atoms with Gasteiger partial charge in [0, 0.05) is 16.1 Å². The number of benzene rings is 3. The molecule has 0 aliphatic heterocycles. The van der Waals surface area contributed by atoms with Gasteiger partial charge in [0.15, 0.2) is 0 Å². The van der Waals surface area contributed by atoms with Gasteiger partial charge in [0.25, 0.3) is 5.91 Å². The largest absolute Gasteiger partial charge is 0.497 e. The van der Waals surface area contributed by atoms with Gasteiger partial charge in [-0.15, -0.1) is 0 Å². The van der Waals surface area contributed by atoms with Crippen molar-refractivity contribution >= 4 is 23.7 Å². The molecule has 1 N–H and O–H groups in total. The minimum Gasteiger partial charge on any atom is -0.497 e. The van der Waals surface area contributed by atoms with Gasteiger partial charge in [0.05, 0.1) is 13.3 Å². The summed E-state index contributed by atoms with van der Waals surface area (Å²) in [6, 6.07) is 21.7. The van der Waals surface area contributed by atoms with Crippen LogP contribution in [0.3, 0.4) is 0 Å². The molecule has 0 aromatic heterocycles. The molecule has 0 saturated carbocycles. The van der Waals surface area contributed by atoms with Gasteiger partial charge in [0.1, 0.15) is 18.1 Å². The second kappa shape index (κ2) is 9.58. The summed E-state index contributed by atoms with van der Waals surface area (Å²) in [6.45, 7) is 0.370. The standard InChI is InChI=1S/C22H19ClN2O3/c1-27-19-11-9-17(10-12-19)22(26)25-24-14-16-5-4-7-20(13-16)28-15-18-6-2-3-8-21(18)23/h2-14H,15H2,1H3,(H,25,26)/b24-14-. The van der Waals surface area contributed by atoms with Crippen LogP contribution in [0.25, 0.3) is 0 Å². The molecule has 0 bridgehead atoms. The van der Waals surface area contributed by atoms with E-state index in [0.717, 1.165) is 11.1 Å². The van der Waals surface area contributed by atoms with Gasteiger partial charge in [-0.3, -0.25) is 4.79 Å². The fourth-order valence-corrected chi connectivity index (χ4v) is 2.62. The molecular formula is C22H19ClN2O3. The molecule has 0 aliphatic rings. The summed E-state index contributed by atoms with van der Waals surface area (Å²) < 4.78 is 10.9. The quantitative estimate of drug-likeness (QED) is 0.467. The Morgan fingerprint density at radius 1 is 1.04 bits per heavy atom. The SMILES string of the molecule is COc1ccc(C(=O)N/N=C\c2cccc(OCc3ccccc3Cl)c2)cc1. The van der Waals surface area contributed by atoms with Gasteiger partial charge in [-0.2, -0.15) is 5.10 Å². The van der Waals surface area contributed by atoms with E-state index in [9.17, 15) is 4.79 Å². The van der Waals surface area contributed by atoms with E-state index in [1.807, 2.05) is 48.5 Å². The Hall–Kier alpha value is -3.31. The lowest BCUT2D eigenvalue weighted by Gasteiger charge is -2.08. The molecule has 3 aromatic rings. The zero-order valence-electron chi connectivity index (χ0n) is 15.3. The van der Waals surface area contributed by atoms with Gasteiger partial charge < -0.3 is 9.47 Å². The van der Waals surface area contributed by atoms with Gasteiger partial charge in [-0.25, -0.2) is 5.43 Å². The molecule has 0 unspecified atom stereocenters. The fourth-order valence-electron chi connectivity index (χ4n) is 2.43. The summed E-state index contributed by atoms with van der Waals surface area (Å²) in [6.07, 6.45) is 1.56. The number of hydrogen-bond acceptors (Lipinski definition) is 4. The Labute approximate surface area is 168 Å². The first-order valence-corrected chi connectivity index (χ1v) is 8.97. The number of ether oxygens (including phenoxy) is 2. The van der Waals surface area contributed by atoms with E-state index < -0.39 is 0 Å². The molecular weight excluding hydrogens is 376 g/mol. The maximum atomic E-state index is 12.1. The summed E-state index contributed by atoms with van der Waals surface area (Å²) in [7, 11) is 1.58. The van der Waals surface area contributed by atoms with Gasteiger partial charge in [-0.05, 0) is 48.0 Å². The third kappa shape index (κ3) is 5.34. The van der Waals surface area contributed by atoms with Crippen molar-refractivity contribution in [2.45, 2.75) is 6.61 Å². The first-order valence-electron chi connectivity index (χ1n) is 8.59. The molecule has 0 fully saturated rings. The number of carbonyl (C=O) groups is 1. The number of nitrogens with zero attached hydrogens (tertiary/aromatic N) is 1. The minimum absolute atomic E-state index is 0.301. The van der Waals surface area contributed by atoms with E-state index in [1.165, 1.54) is 0 Å². The Bertz CT molecular complexity index is 972. The molecule has 6 heteroatoms. The van der Waals surface area contributed by atoms with E-state index >= 15 is 0 Å². The molecule has 1 amide bonds. The summed E-state index contributed by atoms with van der Waals surface area (Å²) in [5.41, 5.74) is 4.71. The predicted octanol–water partition coefficient (Wildman–Crippen LogP) is 4.69. The Kier molecular flexibility index (Phi) is 6.65. The zero-order chi connectivity index (χ0) is 19.8. The fraction of sp³-hybridized carbons (Fsp3) is 0.0909. The average molecular weight is 395 g/mol. The van der Waals surface area contributed by atoms with Crippen molar-refractivity contribution in [3.63, 3.8) is 0 Å². The molecule has 0 spiro atoms. The highest BCUT2D eigenvalue weighted by Gasteiger charge is 2.04. The maximum Gasteiger partial charge on any atom is 0.271 e. The van der Waals surface area contributed by atoms with Gasteiger partial charge >= 0.3 is 0 Å². The molecule has 0 aliphatic carbocycles. The van der Waals surface area contributed by atoms with Crippen LogP contribution in [-0.4, -0.2) is 19.2 Å². The highest BCUT2D eigenvalue weighted by atomic mass is 35.5. The first kappa shape index (κ1) is 19.5. The van der Waals surface area contributed by atoms with Gasteiger partial charge in [0.2, 0.25) is 0 Å². The molecule has 0 heterocycles. The number of hydrazone groups is 1. The van der Waals surface area contributed by atoms with Crippen LogP contribution in [0.1, 0.15) is 21.5 Å². The summed E-state index contributed by atoms with van der Waals surface area (Å²) >= 11 is 6.14. The lowest BCUT2D eigenvalue weighted by Crippen LogP contribution is -2.17. The van der Waals surface area contributed by atoms with Crippen LogP contribution >= 0.6 is 11.6 Å². The number of amides is 1. The van der Waals surface area contributed by atoms with Crippen LogP contribution in [0.4, 0.5) is 0 Å². The summed E-state index contributed by atoms with van der Waals surface area (Å²) in [5, 5.41) is 4.67. The van der Waals surface area contributed by atoms with Crippen LogP contribution in [0.2, 0.25) is 5.02 Å². The first-order chi connectivity index (χ1) is 13.7. The van der Waals surface area contributed by atoms with Crippen LogP contribution in [-0.2, 0) is 6.61 Å². The van der Waals surface area contributed by atoms with Crippen molar-refractivity contribution in [3.8, 4) is 11.5 Å². The third-order valence-electron chi connectivity index (χ3n) is 3.94. The molecule has 3 aromatic carbocycles. The zero-order valence-corrected chi connectivity index (χ0v) is 16.0. The molecule has 3 rings (SSSR count). The highest BCUT2D eigenvalue weighted by Crippen LogP contribution is 2.19. The Morgan fingerprint density at radius 2 is 1.82 bits per heavy atom. The molecule has 0 radical (unpaired) electrons. The van der Waals surface area contributed by atoms with E-state index in [4.69, 9.17) is 21.1 Å². The topological polar surface area (TPSA) is 59.9 Å². The lowest BCUT2D eigenvalue weighted by molar-refractivity contribution is 0.0955. The number of hydrogen-bond donors (Lipinski definition) is 1. The average Bonchev–Trinajstić information content (AvgIpc) is 2.73. The summed E-state index contributed by atoms with van der Waals surface area (Å²) in [5.74, 6) is 1.07. The van der Waals surface area contributed by atoms with Crippen LogP contribution in [0, 0.1) is 0 Å². The number of carbonyl (C=O) groups excluding carboxylic acids is 1. The third-order valence-corrected chi connectivity index (χ3v) is 4.31. The Morgan fingerprint density at radius 3 is 2.57 bits per heavy atom. The lowest BCUT2D eigenvalue weighted by atomic mass is 10.2. The van der Waals surface area contributed by atoms with E-state index in [1.54, 1.807) is 37.6 Å². The molecule has 0 saturated heterocycles. The minimum atomic E-state index is -0.301. The van der Waals surface area contributed by atoms with E-state index in [2.05, 4.69) is 10.5 Å². The molecule has 5 nitrogen and oxygen atoms in total. The number of nitrogens with one attached hydrogen (secondary N) is 1. The maximum absolute atomic E-state index is 12.1. The van der Waals surface area contributed by atoms with Crippen molar-refractivity contribution in [1.29, 1.82) is 0 Å². The monoisotopic (exact) mass is 394 g/mol. The molecule has 28 heavy (non-hydrogen) atoms. The number of rotatable bonds is 7. The van der Waals surface area contributed by atoms with Crippen molar-refractivity contribution in [3.05, 3.63) is 94.5 Å². The highest BCUT2D eigenvalue weighted by molar-refractivity contribution is 6.31. The predicted molar refractivity (Wildman–Crippen MR) is 110 cm³/mol. The number of halogens is 1. The van der Waals surface area contributed by atoms with Crippen LogP contribution in [0.5, 0.6) is 11.5 Å². The van der Waals surface area contributed by atoms with Crippen LogP contribution in [0.15, 0.2) is 77.9 Å². The number of methoxy groups -OCH3 is 1. The smallest absolute Gasteiger partial charge is 0.271 e. The van der Waals surface area contributed by atoms with Crippen molar-refractivity contribution in [2.75, 3.05) is 7.11 Å². The molecule has 0 atom stereocenters.